The summed E-state index contributed by atoms with van der Waals surface area (Å²) in [5, 5.41) is 35.4. The van der Waals surface area contributed by atoms with Gasteiger partial charge in [-0.15, -0.1) is 10.2 Å². The second-order valence-electron chi connectivity index (χ2n) is 9.97. The standard InChI is InChI=1S/C25H31N7O2/c1-16(33)26-20-15-18(13-14-19(20)29-27-17-11-9-8-10-12-17)28-30-21-22(24(2,3)4)31-32(23(21)34)25(5,6)7/h8-15,34H,1-7H3,(H,26,33)/b29-27+,30-28+. The third-order valence-corrected chi connectivity index (χ3v) is 4.77. The summed E-state index contributed by atoms with van der Waals surface area (Å²) >= 11 is 0. The molecule has 0 spiro atoms. The van der Waals surface area contributed by atoms with Crippen LogP contribution in [0, 0.1) is 0 Å². The van der Waals surface area contributed by atoms with Crippen LogP contribution in [0.2, 0.25) is 0 Å². The van der Waals surface area contributed by atoms with E-state index < -0.39 is 5.54 Å². The predicted molar refractivity (Wildman–Crippen MR) is 133 cm³/mol. The number of hydrogen-bond acceptors (Lipinski definition) is 7. The topological polar surface area (TPSA) is 117 Å². The van der Waals surface area contributed by atoms with Gasteiger partial charge in [-0.3, -0.25) is 4.79 Å². The largest absolute Gasteiger partial charge is 0.492 e. The van der Waals surface area contributed by atoms with Gasteiger partial charge in [0.25, 0.3) is 0 Å². The summed E-state index contributed by atoms with van der Waals surface area (Å²) in [7, 11) is 0. The molecule has 9 heteroatoms. The Morgan fingerprint density at radius 1 is 0.912 bits per heavy atom. The van der Waals surface area contributed by atoms with E-state index in [2.05, 4.69) is 30.9 Å². The van der Waals surface area contributed by atoms with Crippen molar-refractivity contribution in [1.82, 2.24) is 9.78 Å². The first-order valence-electron chi connectivity index (χ1n) is 11.0. The molecule has 0 aliphatic carbocycles. The molecular formula is C25H31N7O2. The fourth-order valence-electron chi connectivity index (χ4n) is 3.14. The lowest BCUT2D eigenvalue weighted by Gasteiger charge is -2.20. The van der Waals surface area contributed by atoms with Gasteiger partial charge in [0.05, 0.1) is 28.3 Å². The predicted octanol–water partition coefficient (Wildman–Crippen LogP) is 7.43. The molecule has 9 nitrogen and oxygen atoms in total. The van der Waals surface area contributed by atoms with Crippen molar-refractivity contribution in [2.24, 2.45) is 20.5 Å². The molecule has 2 aromatic carbocycles. The van der Waals surface area contributed by atoms with Crippen LogP contribution in [0.25, 0.3) is 0 Å². The second kappa shape index (κ2) is 9.54. The average Bonchev–Trinajstić information content (AvgIpc) is 3.09. The molecule has 3 aromatic rings. The Kier molecular flexibility index (Phi) is 6.95. The molecule has 0 bridgehead atoms. The second-order valence-corrected chi connectivity index (χ2v) is 9.97. The Balaban J connectivity index is 2.00. The first-order valence-corrected chi connectivity index (χ1v) is 11.0. The number of carbonyl (C=O) groups excluding carboxylic acids is 1. The fourth-order valence-corrected chi connectivity index (χ4v) is 3.14. The maximum atomic E-state index is 11.7. The van der Waals surface area contributed by atoms with Gasteiger partial charge in [-0.25, -0.2) is 4.68 Å². The molecular weight excluding hydrogens is 430 g/mol. The first kappa shape index (κ1) is 24.8. The number of aromatic hydroxyl groups is 1. The monoisotopic (exact) mass is 461 g/mol. The molecule has 0 saturated heterocycles. The third kappa shape index (κ3) is 5.92. The van der Waals surface area contributed by atoms with Gasteiger partial charge in [0, 0.05) is 12.3 Å². The first-order chi connectivity index (χ1) is 15.9. The highest BCUT2D eigenvalue weighted by Gasteiger charge is 2.31. The van der Waals surface area contributed by atoms with Gasteiger partial charge < -0.3 is 10.4 Å². The highest BCUT2D eigenvalue weighted by atomic mass is 16.3. The van der Waals surface area contributed by atoms with E-state index in [1.807, 2.05) is 71.9 Å². The van der Waals surface area contributed by atoms with Crippen molar-refractivity contribution >= 4 is 34.3 Å². The van der Waals surface area contributed by atoms with Crippen LogP contribution in [-0.2, 0) is 15.7 Å². The van der Waals surface area contributed by atoms with Crippen molar-refractivity contribution in [1.29, 1.82) is 0 Å². The zero-order chi connectivity index (χ0) is 25.1. The fraction of sp³-hybridized carbons (Fsp3) is 0.360. The van der Waals surface area contributed by atoms with Crippen LogP contribution in [0.1, 0.15) is 54.2 Å². The van der Waals surface area contributed by atoms with E-state index in [4.69, 9.17) is 0 Å². The van der Waals surface area contributed by atoms with Crippen molar-refractivity contribution in [2.45, 2.75) is 59.4 Å². The number of nitrogens with one attached hydrogen (secondary N) is 1. The Morgan fingerprint density at radius 3 is 2.15 bits per heavy atom. The van der Waals surface area contributed by atoms with Crippen LogP contribution in [0.3, 0.4) is 0 Å². The number of hydrogen-bond donors (Lipinski definition) is 2. The minimum Gasteiger partial charge on any atom is -0.492 e. The molecule has 0 aliphatic rings. The number of benzene rings is 2. The molecule has 0 unspecified atom stereocenters. The van der Waals surface area contributed by atoms with Crippen LogP contribution in [0.5, 0.6) is 5.88 Å². The summed E-state index contributed by atoms with van der Waals surface area (Å²) in [6, 6.07) is 14.4. The summed E-state index contributed by atoms with van der Waals surface area (Å²) in [6.07, 6.45) is 0. The molecule has 1 heterocycles. The number of azo groups is 2. The summed E-state index contributed by atoms with van der Waals surface area (Å²) in [5.74, 6) is -0.291. The smallest absolute Gasteiger partial charge is 0.238 e. The van der Waals surface area contributed by atoms with Gasteiger partial charge in [0.15, 0.2) is 5.69 Å². The van der Waals surface area contributed by atoms with E-state index in [1.54, 1.807) is 22.9 Å². The number of amides is 1. The molecule has 3 rings (SSSR count). The molecule has 1 amide bonds. The van der Waals surface area contributed by atoms with E-state index >= 15 is 0 Å². The normalized spacial score (nSPS) is 12.6. The van der Waals surface area contributed by atoms with Crippen LogP contribution in [-0.4, -0.2) is 20.8 Å². The molecule has 34 heavy (non-hydrogen) atoms. The maximum absolute atomic E-state index is 11.7. The average molecular weight is 462 g/mol. The van der Waals surface area contributed by atoms with E-state index in [1.165, 1.54) is 6.92 Å². The Bertz CT molecular complexity index is 1230. The maximum Gasteiger partial charge on any atom is 0.238 e. The lowest BCUT2D eigenvalue weighted by atomic mass is 9.91. The Labute approximate surface area is 199 Å². The lowest BCUT2D eigenvalue weighted by Crippen LogP contribution is -2.24. The van der Waals surface area contributed by atoms with Crippen molar-refractivity contribution in [3.63, 3.8) is 0 Å². The number of rotatable bonds is 5. The summed E-state index contributed by atoms with van der Waals surface area (Å²) < 4.78 is 1.55. The molecule has 0 atom stereocenters. The molecule has 0 saturated carbocycles. The summed E-state index contributed by atoms with van der Waals surface area (Å²) in [6.45, 7) is 13.3. The van der Waals surface area contributed by atoms with Gasteiger partial charge in [-0.1, -0.05) is 39.0 Å². The van der Waals surface area contributed by atoms with Crippen molar-refractivity contribution in [2.75, 3.05) is 5.32 Å². The van der Waals surface area contributed by atoms with E-state index in [0.717, 1.165) is 0 Å². The van der Waals surface area contributed by atoms with Gasteiger partial charge in [-0.2, -0.15) is 15.3 Å². The van der Waals surface area contributed by atoms with Gasteiger partial charge in [0.1, 0.15) is 5.69 Å². The Morgan fingerprint density at radius 2 is 1.56 bits per heavy atom. The summed E-state index contributed by atoms with van der Waals surface area (Å²) in [5.41, 5.74) is 2.28. The molecule has 1 aromatic heterocycles. The van der Waals surface area contributed by atoms with Gasteiger partial charge >= 0.3 is 0 Å². The minimum atomic E-state index is -0.429. The van der Waals surface area contributed by atoms with Crippen LogP contribution < -0.4 is 5.32 Å². The van der Waals surface area contributed by atoms with Gasteiger partial charge in [-0.05, 0) is 51.1 Å². The molecule has 2 N–H and O–H groups in total. The number of aromatic nitrogens is 2. The van der Waals surface area contributed by atoms with E-state index in [0.29, 0.717) is 34.1 Å². The third-order valence-electron chi connectivity index (χ3n) is 4.77. The van der Waals surface area contributed by atoms with Crippen LogP contribution in [0.4, 0.5) is 28.4 Å². The SMILES string of the molecule is CC(=O)Nc1cc(/N=N/c2c(C(C)(C)C)nn(C(C)(C)C)c2O)ccc1/N=N/c1ccccc1. The zero-order valence-electron chi connectivity index (χ0n) is 20.7. The number of carbonyl (C=O) groups is 1. The number of nitrogens with zero attached hydrogens (tertiary/aromatic N) is 6. The minimum absolute atomic E-state index is 0.0449. The van der Waals surface area contributed by atoms with Gasteiger partial charge in [0.2, 0.25) is 11.8 Å². The highest BCUT2D eigenvalue weighted by molar-refractivity contribution is 5.92. The van der Waals surface area contributed by atoms with Crippen LogP contribution in [0.15, 0.2) is 69.0 Å². The zero-order valence-corrected chi connectivity index (χ0v) is 20.7. The Hall–Kier alpha value is -3.88. The van der Waals surface area contributed by atoms with Crippen molar-refractivity contribution in [3.05, 3.63) is 54.2 Å². The van der Waals surface area contributed by atoms with E-state index in [-0.39, 0.29) is 17.2 Å². The molecule has 0 aliphatic heterocycles. The summed E-state index contributed by atoms with van der Waals surface area (Å²) in [4.78, 5) is 11.7. The quantitative estimate of drug-likeness (QED) is 0.385. The van der Waals surface area contributed by atoms with E-state index in [9.17, 15) is 9.90 Å². The number of anilines is 1. The van der Waals surface area contributed by atoms with Crippen molar-refractivity contribution in [3.8, 4) is 5.88 Å². The molecule has 0 fully saturated rings. The van der Waals surface area contributed by atoms with Crippen molar-refractivity contribution < 1.29 is 9.90 Å². The molecule has 178 valence electrons. The highest BCUT2D eigenvalue weighted by Crippen LogP contribution is 2.41. The lowest BCUT2D eigenvalue weighted by molar-refractivity contribution is -0.114. The molecule has 0 radical (unpaired) electrons. The van der Waals surface area contributed by atoms with Crippen LogP contribution >= 0.6 is 0 Å².